The van der Waals surface area contributed by atoms with Crippen molar-refractivity contribution < 1.29 is 4.74 Å². The van der Waals surface area contributed by atoms with Crippen LogP contribution in [0.15, 0.2) is 42.0 Å². The van der Waals surface area contributed by atoms with E-state index in [4.69, 9.17) is 4.74 Å². The maximum absolute atomic E-state index is 12.6. The molecule has 0 N–H and O–H groups in total. The monoisotopic (exact) mass is 336 g/mol. The average Bonchev–Trinajstić information content (AvgIpc) is 2.62. The zero-order valence-corrected chi connectivity index (χ0v) is 15.1. The summed E-state index contributed by atoms with van der Waals surface area (Å²) < 4.78 is 7.65. The van der Waals surface area contributed by atoms with E-state index >= 15 is 0 Å². The molecule has 130 valence electrons. The van der Waals surface area contributed by atoms with Gasteiger partial charge in [0.25, 0.3) is 5.56 Å². The van der Waals surface area contributed by atoms with Gasteiger partial charge in [-0.25, -0.2) is 0 Å². The van der Waals surface area contributed by atoms with Crippen molar-refractivity contribution in [2.75, 3.05) is 6.61 Å². The van der Waals surface area contributed by atoms with Gasteiger partial charge < -0.3 is 9.30 Å². The molecule has 0 amide bonds. The van der Waals surface area contributed by atoms with Crippen LogP contribution in [-0.4, -0.2) is 16.2 Å². The maximum Gasteiger partial charge on any atom is 0.260 e. The standard InChI is InChI=1S/C21H24N2O2/c1-5-15-11-17-16-8-9-22-13-18(16)21(24)23(4)19(17)12-20(15)25-10-6-7-14(2)3/h5,8-9,11-14H,1,6-7,10H2,2-4H3. The zero-order valence-electron chi connectivity index (χ0n) is 15.1. The minimum Gasteiger partial charge on any atom is -0.493 e. The topological polar surface area (TPSA) is 44.1 Å². The molecule has 4 nitrogen and oxygen atoms in total. The van der Waals surface area contributed by atoms with Crippen molar-refractivity contribution in [1.29, 1.82) is 0 Å². The number of hydrogen-bond acceptors (Lipinski definition) is 3. The lowest BCUT2D eigenvalue weighted by Gasteiger charge is -2.14. The van der Waals surface area contributed by atoms with Gasteiger partial charge in [-0.1, -0.05) is 26.5 Å². The molecule has 0 saturated carbocycles. The minimum atomic E-state index is -0.0484. The Morgan fingerprint density at radius 2 is 2.08 bits per heavy atom. The van der Waals surface area contributed by atoms with Crippen LogP contribution in [0.5, 0.6) is 5.75 Å². The molecular formula is C21H24N2O2. The van der Waals surface area contributed by atoms with Crippen LogP contribution in [0.25, 0.3) is 27.8 Å². The van der Waals surface area contributed by atoms with Gasteiger partial charge in [0, 0.05) is 36.5 Å². The first-order valence-electron chi connectivity index (χ1n) is 8.68. The van der Waals surface area contributed by atoms with Gasteiger partial charge in [-0.15, -0.1) is 0 Å². The summed E-state index contributed by atoms with van der Waals surface area (Å²) in [5, 5.41) is 2.53. The highest BCUT2D eigenvalue weighted by atomic mass is 16.5. The highest BCUT2D eigenvalue weighted by Gasteiger charge is 2.12. The molecule has 0 atom stereocenters. The maximum atomic E-state index is 12.6. The molecule has 0 aliphatic rings. The lowest BCUT2D eigenvalue weighted by molar-refractivity contribution is 0.297. The van der Waals surface area contributed by atoms with Crippen molar-refractivity contribution in [3.05, 3.63) is 53.1 Å². The molecule has 0 radical (unpaired) electrons. The molecule has 2 heterocycles. The Morgan fingerprint density at radius 3 is 2.80 bits per heavy atom. The fourth-order valence-corrected chi connectivity index (χ4v) is 3.13. The minimum absolute atomic E-state index is 0.0484. The van der Waals surface area contributed by atoms with Crippen LogP contribution in [0.4, 0.5) is 0 Å². The van der Waals surface area contributed by atoms with Crippen LogP contribution in [0.1, 0.15) is 32.3 Å². The summed E-state index contributed by atoms with van der Waals surface area (Å²) in [6, 6.07) is 5.87. The lowest BCUT2D eigenvalue weighted by Crippen LogP contribution is -2.17. The summed E-state index contributed by atoms with van der Waals surface area (Å²) in [6.07, 6.45) is 7.28. The Labute approximate surface area is 147 Å². The van der Waals surface area contributed by atoms with E-state index in [2.05, 4.69) is 25.4 Å². The van der Waals surface area contributed by atoms with Gasteiger partial charge in [-0.3, -0.25) is 9.78 Å². The second-order valence-electron chi connectivity index (χ2n) is 6.78. The smallest absolute Gasteiger partial charge is 0.260 e. The Hall–Kier alpha value is -2.62. The Bertz CT molecular complexity index is 987. The van der Waals surface area contributed by atoms with Crippen LogP contribution in [-0.2, 0) is 7.05 Å². The number of ether oxygens (including phenoxy) is 1. The predicted molar refractivity (Wildman–Crippen MR) is 104 cm³/mol. The number of aromatic nitrogens is 2. The van der Waals surface area contributed by atoms with Gasteiger partial charge in [0.2, 0.25) is 0 Å². The van der Waals surface area contributed by atoms with E-state index in [0.29, 0.717) is 17.9 Å². The van der Waals surface area contributed by atoms with Gasteiger partial charge in [0.15, 0.2) is 0 Å². The lowest BCUT2D eigenvalue weighted by atomic mass is 10.0. The number of fused-ring (bicyclic) bond motifs is 3. The number of rotatable bonds is 6. The molecule has 0 bridgehead atoms. The molecule has 4 heteroatoms. The Kier molecular flexibility index (Phi) is 4.88. The Morgan fingerprint density at radius 1 is 1.28 bits per heavy atom. The number of benzene rings is 1. The molecule has 0 aliphatic carbocycles. The molecule has 3 aromatic rings. The van der Waals surface area contributed by atoms with Gasteiger partial charge in [0.05, 0.1) is 17.5 Å². The molecule has 0 unspecified atom stereocenters. The van der Waals surface area contributed by atoms with Crippen LogP contribution in [0.3, 0.4) is 0 Å². The highest BCUT2D eigenvalue weighted by molar-refractivity contribution is 6.06. The fourth-order valence-electron chi connectivity index (χ4n) is 3.13. The van der Waals surface area contributed by atoms with Crippen molar-refractivity contribution in [2.45, 2.75) is 26.7 Å². The molecule has 0 spiro atoms. The first kappa shape index (κ1) is 17.2. The third-order valence-corrected chi connectivity index (χ3v) is 4.54. The van der Waals surface area contributed by atoms with Gasteiger partial charge in [-0.2, -0.15) is 0 Å². The summed E-state index contributed by atoms with van der Waals surface area (Å²) in [5.74, 6) is 1.44. The van der Waals surface area contributed by atoms with Crippen molar-refractivity contribution in [1.82, 2.24) is 9.55 Å². The summed E-state index contributed by atoms with van der Waals surface area (Å²) >= 11 is 0. The van der Waals surface area contributed by atoms with Gasteiger partial charge in [-0.05, 0) is 36.3 Å². The van der Waals surface area contributed by atoms with Gasteiger partial charge >= 0.3 is 0 Å². The summed E-state index contributed by atoms with van der Waals surface area (Å²) in [5.41, 5.74) is 1.75. The van der Waals surface area contributed by atoms with E-state index in [1.165, 1.54) is 0 Å². The van der Waals surface area contributed by atoms with E-state index < -0.39 is 0 Å². The molecule has 3 rings (SSSR count). The molecule has 2 aromatic heterocycles. The largest absolute Gasteiger partial charge is 0.493 e. The first-order valence-corrected chi connectivity index (χ1v) is 8.68. The van der Waals surface area contributed by atoms with E-state index in [-0.39, 0.29) is 5.56 Å². The van der Waals surface area contributed by atoms with Crippen molar-refractivity contribution >= 4 is 27.8 Å². The van der Waals surface area contributed by atoms with Crippen molar-refractivity contribution in [3.8, 4) is 5.75 Å². The first-order chi connectivity index (χ1) is 12.0. The molecule has 25 heavy (non-hydrogen) atoms. The number of hydrogen-bond donors (Lipinski definition) is 0. The van der Waals surface area contributed by atoms with E-state index in [1.54, 1.807) is 30.1 Å². The average molecular weight is 336 g/mol. The molecule has 1 aromatic carbocycles. The van der Waals surface area contributed by atoms with Crippen LogP contribution in [0.2, 0.25) is 0 Å². The van der Waals surface area contributed by atoms with Crippen molar-refractivity contribution in [2.24, 2.45) is 13.0 Å². The zero-order chi connectivity index (χ0) is 18.0. The fraction of sp³-hybridized carbons (Fsp3) is 0.333. The highest BCUT2D eigenvalue weighted by Crippen LogP contribution is 2.30. The number of pyridine rings is 2. The van der Waals surface area contributed by atoms with Crippen LogP contribution in [0, 0.1) is 5.92 Å². The molecule has 0 saturated heterocycles. The third kappa shape index (κ3) is 3.29. The van der Waals surface area contributed by atoms with Crippen LogP contribution >= 0.6 is 0 Å². The normalized spacial score (nSPS) is 11.4. The molecule has 0 fully saturated rings. The molecule has 0 aliphatic heterocycles. The predicted octanol–water partition coefficient (Wildman–Crippen LogP) is 4.54. The summed E-state index contributed by atoms with van der Waals surface area (Å²) in [6.45, 7) is 9.00. The summed E-state index contributed by atoms with van der Waals surface area (Å²) in [4.78, 5) is 16.7. The second kappa shape index (κ2) is 7.09. The van der Waals surface area contributed by atoms with E-state index in [0.717, 1.165) is 40.4 Å². The van der Waals surface area contributed by atoms with Crippen molar-refractivity contribution in [3.63, 3.8) is 0 Å². The number of nitrogens with zero attached hydrogens (tertiary/aromatic N) is 2. The van der Waals surface area contributed by atoms with Crippen LogP contribution < -0.4 is 10.3 Å². The third-order valence-electron chi connectivity index (χ3n) is 4.54. The summed E-state index contributed by atoms with van der Waals surface area (Å²) in [7, 11) is 1.78. The van der Waals surface area contributed by atoms with E-state index in [1.807, 2.05) is 18.2 Å². The SMILES string of the molecule is C=Cc1cc2c3ccncc3c(=O)n(C)c2cc1OCCCC(C)C. The van der Waals surface area contributed by atoms with Gasteiger partial charge in [0.1, 0.15) is 5.75 Å². The molecular weight excluding hydrogens is 312 g/mol. The quantitative estimate of drug-likeness (QED) is 0.490. The van der Waals surface area contributed by atoms with E-state index in [9.17, 15) is 4.79 Å². The Balaban J connectivity index is 2.11. The number of aryl methyl sites for hydroxylation is 1. The second-order valence-corrected chi connectivity index (χ2v) is 6.78.